The first-order valence-electron chi connectivity index (χ1n) is 5.19. The molecule has 0 aromatic carbocycles. The van der Waals surface area contributed by atoms with Gasteiger partial charge in [0.15, 0.2) is 0 Å². The lowest BCUT2D eigenvalue weighted by Crippen LogP contribution is -2.41. The third-order valence-electron chi connectivity index (χ3n) is 3.05. The fourth-order valence-corrected chi connectivity index (χ4v) is 1.74. The maximum Gasteiger partial charge on any atom is 0.0698 e. The van der Waals surface area contributed by atoms with Crippen molar-refractivity contribution in [3.8, 4) is 0 Å². The fourth-order valence-electron chi connectivity index (χ4n) is 1.74. The van der Waals surface area contributed by atoms with Crippen LogP contribution >= 0.6 is 0 Å². The second-order valence-corrected chi connectivity index (χ2v) is 4.72. The summed E-state index contributed by atoms with van der Waals surface area (Å²) in [5.41, 5.74) is -0.548. The normalized spacial score (nSPS) is 15.1. The highest BCUT2D eigenvalue weighted by Crippen LogP contribution is 2.32. The SMILES string of the molecule is C=CC(C)CC(O)(C(C)C)C(C)C. The monoisotopic (exact) mass is 184 g/mol. The van der Waals surface area contributed by atoms with Gasteiger partial charge in [0.1, 0.15) is 0 Å². The van der Waals surface area contributed by atoms with Crippen LogP contribution in [0.1, 0.15) is 41.0 Å². The van der Waals surface area contributed by atoms with Crippen LogP contribution in [0.15, 0.2) is 12.7 Å². The molecule has 0 aliphatic carbocycles. The molecule has 0 spiro atoms. The van der Waals surface area contributed by atoms with Gasteiger partial charge in [-0.15, -0.1) is 6.58 Å². The van der Waals surface area contributed by atoms with Crippen LogP contribution in [-0.4, -0.2) is 10.7 Å². The smallest absolute Gasteiger partial charge is 0.0698 e. The van der Waals surface area contributed by atoms with Crippen LogP contribution < -0.4 is 0 Å². The van der Waals surface area contributed by atoms with Crippen molar-refractivity contribution >= 4 is 0 Å². The molecule has 1 heteroatoms. The predicted molar refractivity (Wildman–Crippen MR) is 58.6 cm³/mol. The van der Waals surface area contributed by atoms with Gasteiger partial charge in [0.25, 0.3) is 0 Å². The minimum absolute atomic E-state index is 0.301. The minimum atomic E-state index is -0.548. The molecule has 0 aromatic rings. The van der Waals surface area contributed by atoms with Crippen molar-refractivity contribution in [3.63, 3.8) is 0 Å². The summed E-state index contributed by atoms with van der Waals surface area (Å²) < 4.78 is 0. The lowest BCUT2D eigenvalue weighted by atomic mass is 9.75. The first-order valence-corrected chi connectivity index (χ1v) is 5.19. The number of hydrogen-bond acceptors (Lipinski definition) is 1. The molecule has 0 radical (unpaired) electrons. The van der Waals surface area contributed by atoms with E-state index in [1.54, 1.807) is 0 Å². The van der Waals surface area contributed by atoms with Crippen LogP contribution in [0.4, 0.5) is 0 Å². The van der Waals surface area contributed by atoms with Gasteiger partial charge < -0.3 is 5.11 Å². The Balaban J connectivity index is 4.51. The molecule has 0 aliphatic rings. The van der Waals surface area contributed by atoms with E-state index in [4.69, 9.17) is 0 Å². The van der Waals surface area contributed by atoms with Crippen LogP contribution in [0.25, 0.3) is 0 Å². The molecule has 1 N–H and O–H groups in total. The molecule has 13 heavy (non-hydrogen) atoms. The molecule has 0 saturated heterocycles. The molecule has 1 atom stereocenters. The molecule has 0 bridgehead atoms. The molecule has 0 fully saturated rings. The van der Waals surface area contributed by atoms with Gasteiger partial charge in [0.05, 0.1) is 5.60 Å². The van der Waals surface area contributed by atoms with E-state index in [-0.39, 0.29) is 0 Å². The van der Waals surface area contributed by atoms with E-state index in [9.17, 15) is 5.11 Å². The molecule has 0 saturated carbocycles. The summed E-state index contributed by atoms with van der Waals surface area (Å²) >= 11 is 0. The summed E-state index contributed by atoms with van der Waals surface area (Å²) in [6.07, 6.45) is 2.72. The van der Waals surface area contributed by atoms with Crippen LogP contribution in [-0.2, 0) is 0 Å². The molecule has 78 valence electrons. The number of allylic oxidation sites excluding steroid dienone is 1. The van der Waals surface area contributed by atoms with Gasteiger partial charge in [-0.2, -0.15) is 0 Å². The minimum Gasteiger partial charge on any atom is -0.389 e. The second-order valence-electron chi connectivity index (χ2n) is 4.72. The Morgan fingerprint density at radius 3 is 1.77 bits per heavy atom. The third kappa shape index (κ3) is 3.15. The Bertz CT molecular complexity index is 151. The van der Waals surface area contributed by atoms with Crippen molar-refractivity contribution in [2.75, 3.05) is 0 Å². The molecule has 1 nitrogen and oxygen atoms in total. The Hall–Kier alpha value is -0.300. The second kappa shape index (κ2) is 4.80. The zero-order valence-corrected chi connectivity index (χ0v) is 9.67. The summed E-state index contributed by atoms with van der Waals surface area (Å²) in [7, 11) is 0. The van der Waals surface area contributed by atoms with E-state index in [2.05, 4.69) is 41.2 Å². The number of rotatable bonds is 5. The van der Waals surface area contributed by atoms with Crippen molar-refractivity contribution in [1.29, 1.82) is 0 Å². The first kappa shape index (κ1) is 12.7. The van der Waals surface area contributed by atoms with Crippen molar-refractivity contribution in [2.45, 2.75) is 46.6 Å². The van der Waals surface area contributed by atoms with E-state index in [1.165, 1.54) is 0 Å². The molecular formula is C12H24O. The van der Waals surface area contributed by atoms with Gasteiger partial charge in [0, 0.05) is 0 Å². The standard InChI is InChI=1S/C12H24O/c1-7-11(6)8-12(13,9(2)3)10(4)5/h7,9-11,13H,1,8H2,2-6H3. The van der Waals surface area contributed by atoms with Gasteiger partial charge >= 0.3 is 0 Å². The maximum atomic E-state index is 10.4. The largest absolute Gasteiger partial charge is 0.389 e. The summed E-state index contributed by atoms with van der Waals surface area (Å²) in [5, 5.41) is 10.4. The van der Waals surface area contributed by atoms with Gasteiger partial charge in [-0.25, -0.2) is 0 Å². The van der Waals surface area contributed by atoms with Crippen LogP contribution in [0.3, 0.4) is 0 Å². The first-order chi connectivity index (χ1) is 5.84. The summed E-state index contributed by atoms with van der Waals surface area (Å²) in [6.45, 7) is 14.2. The summed E-state index contributed by atoms with van der Waals surface area (Å²) in [4.78, 5) is 0. The van der Waals surface area contributed by atoms with Crippen molar-refractivity contribution < 1.29 is 5.11 Å². The Labute approximate surface area is 82.9 Å². The zero-order valence-electron chi connectivity index (χ0n) is 9.67. The molecule has 0 amide bonds. The Morgan fingerprint density at radius 2 is 1.54 bits per heavy atom. The topological polar surface area (TPSA) is 20.2 Å². The third-order valence-corrected chi connectivity index (χ3v) is 3.05. The number of aliphatic hydroxyl groups is 1. The average molecular weight is 184 g/mol. The van der Waals surface area contributed by atoms with Gasteiger partial charge in [-0.3, -0.25) is 0 Å². The molecule has 0 aliphatic heterocycles. The van der Waals surface area contributed by atoms with Crippen molar-refractivity contribution in [2.24, 2.45) is 17.8 Å². The van der Waals surface area contributed by atoms with E-state index >= 15 is 0 Å². The Morgan fingerprint density at radius 1 is 1.15 bits per heavy atom. The van der Waals surface area contributed by atoms with Gasteiger partial charge in [-0.1, -0.05) is 40.7 Å². The number of hydrogen-bond donors (Lipinski definition) is 1. The Kier molecular flexibility index (Phi) is 4.69. The van der Waals surface area contributed by atoms with Gasteiger partial charge in [-0.05, 0) is 24.2 Å². The molecule has 0 aromatic heterocycles. The lowest BCUT2D eigenvalue weighted by Gasteiger charge is -2.37. The average Bonchev–Trinajstić information content (AvgIpc) is 2.03. The zero-order chi connectivity index (χ0) is 10.6. The van der Waals surface area contributed by atoms with Crippen molar-refractivity contribution in [1.82, 2.24) is 0 Å². The van der Waals surface area contributed by atoms with E-state index in [0.29, 0.717) is 17.8 Å². The summed E-state index contributed by atoms with van der Waals surface area (Å²) in [6, 6.07) is 0. The highest BCUT2D eigenvalue weighted by molar-refractivity contribution is 4.90. The molecular weight excluding hydrogens is 160 g/mol. The molecule has 1 unspecified atom stereocenters. The van der Waals surface area contributed by atoms with Crippen LogP contribution in [0, 0.1) is 17.8 Å². The van der Waals surface area contributed by atoms with E-state index < -0.39 is 5.60 Å². The van der Waals surface area contributed by atoms with Crippen LogP contribution in [0.5, 0.6) is 0 Å². The van der Waals surface area contributed by atoms with E-state index in [0.717, 1.165) is 6.42 Å². The summed E-state index contributed by atoms with van der Waals surface area (Å²) in [5.74, 6) is 0.986. The quantitative estimate of drug-likeness (QED) is 0.650. The fraction of sp³-hybridized carbons (Fsp3) is 0.833. The molecule has 0 rings (SSSR count). The predicted octanol–water partition coefficient (Wildman–Crippen LogP) is 3.24. The lowest BCUT2D eigenvalue weighted by molar-refractivity contribution is -0.0604. The van der Waals surface area contributed by atoms with Crippen molar-refractivity contribution in [3.05, 3.63) is 12.7 Å². The van der Waals surface area contributed by atoms with E-state index in [1.807, 2.05) is 6.08 Å². The molecule has 0 heterocycles. The highest BCUT2D eigenvalue weighted by Gasteiger charge is 2.35. The van der Waals surface area contributed by atoms with Crippen LogP contribution in [0.2, 0.25) is 0 Å². The maximum absolute atomic E-state index is 10.4. The highest BCUT2D eigenvalue weighted by atomic mass is 16.3. The van der Waals surface area contributed by atoms with Gasteiger partial charge in [0.2, 0.25) is 0 Å².